The van der Waals surface area contributed by atoms with Gasteiger partial charge in [-0.1, -0.05) is 6.07 Å². The zero-order valence-corrected chi connectivity index (χ0v) is 10.4. The standard InChI is InChI=1S/C12H15N3OS/c1-9(15-12-13-5-3-6-14-12)8-10(16)11-4-2-7-17-11/h2-7,9-10,16H,8H2,1H3,(H,13,14,15)/t9-,10+/m1/s1. The molecule has 0 bridgehead atoms. The molecular formula is C12H15N3OS. The van der Waals surface area contributed by atoms with Crippen LogP contribution in [0.2, 0.25) is 0 Å². The lowest BCUT2D eigenvalue weighted by Gasteiger charge is -2.16. The molecule has 2 aromatic heterocycles. The second-order valence-corrected chi connectivity index (χ2v) is 4.86. The highest BCUT2D eigenvalue weighted by atomic mass is 32.1. The van der Waals surface area contributed by atoms with E-state index in [0.717, 1.165) is 4.88 Å². The number of hydrogen-bond acceptors (Lipinski definition) is 5. The van der Waals surface area contributed by atoms with Gasteiger partial charge in [0.05, 0.1) is 6.10 Å². The molecule has 4 nitrogen and oxygen atoms in total. The van der Waals surface area contributed by atoms with Gasteiger partial charge in [0.1, 0.15) is 0 Å². The van der Waals surface area contributed by atoms with Gasteiger partial charge in [-0.05, 0) is 30.9 Å². The quantitative estimate of drug-likeness (QED) is 0.854. The molecule has 0 aromatic carbocycles. The predicted molar refractivity (Wildman–Crippen MR) is 69.0 cm³/mol. The Morgan fingerprint density at radius 2 is 2.12 bits per heavy atom. The fraction of sp³-hybridized carbons (Fsp3) is 0.333. The van der Waals surface area contributed by atoms with Crippen LogP contribution in [0.15, 0.2) is 36.0 Å². The van der Waals surface area contributed by atoms with Crippen LogP contribution in [0.1, 0.15) is 24.3 Å². The Kier molecular flexibility index (Phi) is 4.06. The van der Waals surface area contributed by atoms with Gasteiger partial charge in [-0.15, -0.1) is 11.3 Å². The molecule has 90 valence electrons. The Balaban J connectivity index is 1.87. The van der Waals surface area contributed by atoms with Gasteiger partial charge in [0.25, 0.3) is 0 Å². The average molecular weight is 249 g/mol. The molecule has 2 aromatic rings. The Morgan fingerprint density at radius 3 is 2.76 bits per heavy atom. The van der Waals surface area contributed by atoms with Crippen molar-refractivity contribution in [2.45, 2.75) is 25.5 Å². The van der Waals surface area contributed by atoms with Crippen molar-refractivity contribution in [1.82, 2.24) is 9.97 Å². The molecule has 2 heterocycles. The zero-order chi connectivity index (χ0) is 12.1. The number of aliphatic hydroxyl groups is 1. The number of aliphatic hydroxyl groups excluding tert-OH is 1. The predicted octanol–water partition coefficient (Wildman–Crippen LogP) is 2.46. The highest BCUT2D eigenvalue weighted by Gasteiger charge is 2.13. The maximum Gasteiger partial charge on any atom is 0.222 e. The lowest BCUT2D eigenvalue weighted by molar-refractivity contribution is 0.166. The van der Waals surface area contributed by atoms with Crippen molar-refractivity contribution in [2.24, 2.45) is 0 Å². The largest absolute Gasteiger partial charge is 0.387 e. The summed E-state index contributed by atoms with van der Waals surface area (Å²) in [6.07, 6.45) is 3.59. The molecule has 0 saturated carbocycles. The first-order valence-electron chi connectivity index (χ1n) is 5.50. The summed E-state index contributed by atoms with van der Waals surface area (Å²) in [6, 6.07) is 5.79. The second kappa shape index (κ2) is 5.75. The molecule has 2 N–H and O–H groups in total. The smallest absolute Gasteiger partial charge is 0.222 e. The summed E-state index contributed by atoms with van der Waals surface area (Å²) >= 11 is 1.57. The van der Waals surface area contributed by atoms with Crippen LogP contribution in [0.4, 0.5) is 5.95 Å². The third-order valence-corrected chi connectivity index (χ3v) is 3.36. The van der Waals surface area contributed by atoms with Gasteiger partial charge in [0.15, 0.2) is 0 Å². The molecule has 0 amide bonds. The minimum atomic E-state index is -0.429. The molecule has 0 aliphatic heterocycles. The van der Waals surface area contributed by atoms with E-state index < -0.39 is 6.10 Å². The lowest BCUT2D eigenvalue weighted by Crippen LogP contribution is -2.19. The Morgan fingerprint density at radius 1 is 1.35 bits per heavy atom. The summed E-state index contributed by atoms with van der Waals surface area (Å²) in [5.41, 5.74) is 0. The van der Waals surface area contributed by atoms with Crippen LogP contribution < -0.4 is 5.32 Å². The normalized spacial score (nSPS) is 14.2. The molecule has 0 radical (unpaired) electrons. The number of nitrogens with one attached hydrogen (secondary N) is 1. The second-order valence-electron chi connectivity index (χ2n) is 3.88. The van der Waals surface area contributed by atoms with E-state index in [1.54, 1.807) is 29.8 Å². The van der Waals surface area contributed by atoms with Crippen LogP contribution in [0.5, 0.6) is 0 Å². The third kappa shape index (κ3) is 3.51. The summed E-state index contributed by atoms with van der Waals surface area (Å²) in [4.78, 5) is 9.17. The van der Waals surface area contributed by atoms with E-state index >= 15 is 0 Å². The molecule has 2 rings (SSSR count). The van der Waals surface area contributed by atoms with Gasteiger partial charge in [-0.3, -0.25) is 0 Å². The molecule has 0 fully saturated rings. The van der Waals surface area contributed by atoms with Crippen LogP contribution in [0, 0.1) is 0 Å². The Bertz CT molecular complexity index is 432. The first-order chi connectivity index (χ1) is 8.25. The fourth-order valence-electron chi connectivity index (χ4n) is 1.58. The van der Waals surface area contributed by atoms with E-state index in [1.165, 1.54) is 0 Å². The molecule has 2 atom stereocenters. The minimum Gasteiger partial charge on any atom is -0.387 e. The third-order valence-electron chi connectivity index (χ3n) is 2.39. The maximum atomic E-state index is 9.99. The maximum absolute atomic E-state index is 9.99. The summed E-state index contributed by atoms with van der Waals surface area (Å²) in [5, 5.41) is 15.1. The van der Waals surface area contributed by atoms with E-state index in [2.05, 4.69) is 15.3 Å². The summed E-state index contributed by atoms with van der Waals surface area (Å²) in [6.45, 7) is 2.01. The van der Waals surface area contributed by atoms with Crippen molar-refractivity contribution < 1.29 is 5.11 Å². The number of rotatable bonds is 5. The van der Waals surface area contributed by atoms with Gasteiger partial charge in [0, 0.05) is 23.3 Å². The van der Waals surface area contributed by atoms with Gasteiger partial charge < -0.3 is 10.4 Å². The number of nitrogens with zero attached hydrogens (tertiary/aromatic N) is 2. The van der Waals surface area contributed by atoms with Crippen LogP contribution in [-0.4, -0.2) is 21.1 Å². The molecule has 0 saturated heterocycles. The van der Waals surface area contributed by atoms with Gasteiger partial charge in [-0.25, -0.2) is 9.97 Å². The highest BCUT2D eigenvalue weighted by molar-refractivity contribution is 7.10. The first-order valence-corrected chi connectivity index (χ1v) is 6.38. The fourth-order valence-corrected chi connectivity index (χ4v) is 2.31. The van der Waals surface area contributed by atoms with Crippen molar-refractivity contribution >= 4 is 17.3 Å². The summed E-state index contributed by atoms with van der Waals surface area (Å²) in [5.74, 6) is 0.596. The SMILES string of the molecule is C[C@H](C[C@H](O)c1cccs1)Nc1ncccn1. The minimum absolute atomic E-state index is 0.120. The Hall–Kier alpha value is -1.46. The summed E-state index contributed by atoms with van der Waals surface area (Å²) in [7, 11) is 0. The summed E-state index contributed by atoms with van der Waals surface area (Å²) < 4.78 is 0. The van der Waals surface area contributed by atoms with E-state index in [9.17, 15) is 5.11 Å². The van der Waals surface area contributed by atoms with Crippen molar-refractivity contribution in [3.8, 4) is 0 Å². The number of aromatic nitrogens is 2. The number of thiophene rings is 1. The van der Waals surface area contributed by atoms with Crippen LogP contribution in [0.25, 0.3) is 0 Å². The number of hydrogen-bond donors (Lipinski definition) is 2. The molecule has 0 spiro atoms. The first kappa shape index (κ1) is 12.0. The van der Waals surface area contributed by atoms with E-state index in [1.807, 2.05) is 24.4 Å². The highest BCUT2D eigenvalue weighted by Crippen LogP contribution is 2.23. The lowest BCUT2D eigenvalue weighted by atomic mass is 10.1. The number of anilines is 1. The van der Waals surface area contributed by atoms with Gasteiger partial charge >= 0.3 is 0 Å². The molecule has 0 unspecified atom stereocenters. The Labute approximate surface area is 104 Å². The van der Waals surface area contributed by atoms with Crippen molar-refractivity contribution in [1.29, 1.82) is 0 Å². The van der Waals surface area contributed by atoms with E-state index in [-0.39, 0.29) is 6.04 Å². The van der Waals surface area contributed by atoms with Gasteiger partial charge in [0.2, 0.25) is 5.95 Å². The van der Waals surface area contributed by atoms with Crippen molar-refractivity contribution in [2.75, 3.05) is 5.32 Å². The molecule has 0 aliphatic carbocycles. The molecule has 0 aliphatic rings. The van der Waals surface area contributed by atoms with Crippen molar-refractivity contribution in [3.63, 3.8) is 0 Å². The molecule has 17 heavy (non-hydrogen) atoms. The van der Waals surface area contributed by atoms with Gasteiger partial charge in [-0.2, -0.15) is 0 Å². The van der Waals surface area contributed by atoms with Crippen LogP contribution in [-0.2, 0) is 0 Å². The van der Waals surface area contributed by atoms with E-state index in [4.69, 9.17) is 0 Å². The van der Waals surface area contributed by atoms with E-state index in [0.29, 0.717) is 12.4 Å². The monoisotopic (exact) mass is 249 g/mol. The average Bonchev–Trinajstić information content (AvgIpc) is 2.83. The van der Waals surface area contributed by atoms with Crippen molar-refractivity contribution in [3.05, 3.63) is 40.8 Å². The molecular weight excluding hydrogens is 234 g/mol. The topological polar surface area (TPSA) is 58.0 Å². The van der Waals surface area contributed by atoms with Crippen LogP contribution in [0.3, 0.4) is 0 Å². The van der Waals surface area contributed by atoms with Crippen LogP contribution >= 0.6 is 11.3 Å². The zero-order valence-electron chi connectivity index (χ0n) is 9.58. The molecule has 5 heteroatoms.